The average molecular weight is 331 g/mol. The molecule has 0 amide bonds. The molecule has 0 bridgehead atoms. The van der Waals surface area contributed by atoms with Crippen LogP contribution in [0.4, 0.5) is 8.78 Å². The molecular formula is C19H23F2N3. The third-order valence-corrected chi connectivity index (χ3v) is 4.53. The molecule has 24 heavy (non-hydrogen) atoms. The molecule has 1 aliphatic heterocycles. The Kier molecular flexibility index (Phi) is 5.88. The van der Waals surface area contributed by atoms with Gasteiger partial charge < -0.3 is 5.32 Å². The van der Waals surface area contributed by atoms with Gasteiger partial charge in [0.1, 0.15) is 11.6 Å². The van der Waals surface area contributed by atoms with Gasteiger partial charge in [-0.15, -0.1) is 0 Å². The van der Waals surface area contributed by atoms with Crippen LogP contribution in [-0.2, 0) is 13.1 Å². The minimum Gasteiger partial charge on any atom is -0.317 e. The van der Waals surface area contributed by atoms with Crippen molar-refractivity contribution in [2.75, 3.05) is 13.1 Å². The van der Waals surface area contributed by atoms with Crippen molar-refractivity contribution < 1.29 is 8.78 Å². The van der Waals surface area contributed by atoms with Crippen molar-refractivity contribution in [2.24, 2.45) is 0 Å². The fourth-order valence-electron chi connectivity index (χ4n) is 3.26. The molecule has 0 aliphatic carbocycles. The standard InChI is InChI=1S/C19H23F2N3/c20-16-6-7-19(21)15(12-16)13-24(14-17-4-1-2-10-23-17)18-5-3-9-22-11-8-18/h1-2,4,6-7,10,12,18,22H,3,5,8-9,11,13-14H2/t18-/m0/s1. The SMILES string of the molecule is Fc1ccc(F)c(CN(Cc2ccccn2)[C@H]2CCCNCC2)c1. The van der Waals surface area contributed by atoms with Crippen molar-refractivity contribution in [1.82, 2.24) is 15.2 Å². The minimum absolute atomic E-state index is 0.338. The molecule has 3 nitrogen and oxygen atoms in total. The van der Waals surface area contributed by atoms with Crippen LogP contribution >= 0.6 is 0 Å². The van der Waals surface area contributed by atoms with Crippen LogP contribution in [0.25, 0.3) is 0 Å². The number of benzene rings is 1. The summed E-state index contributed by atoms with van der Waals surface area (Å²) in [7, 11) is 0. The molecule has 0 unspecified atom stereocenters. The molecule has 0 saturated carbocycles. The lowest BCUT2D eigenvalue weighted by Gasteiger charge is -2.31. The number of rotatable bonds is 5. The maximum atomic E-state index is 14.1. The summed E-state index contributed by atoms with van der Waals surface area (Å²) in [4.78, 5) is 6.62. The van der Waals surface area contributed by atoms with E-state index in [1.165, 1.54) is 12.1 Å². The molecule has 128 valence electrons. The van der Waals surface area contributed by atoms with Crippen LogP contribution < -0.4 is 5.32 Å². The first kappa shape index (κ1) is 17.0. The smallest absolute Gasteiger partial charge is 0.127 e. The van der Waals surface area contributed by atoms with E-state index in [0.717, 1.165) is 44.1 Å². The molecule has 1 fully saturated rings. The number of aromatic nitrogens is 1. The topological polar surface area (TPSA) is 28.2 Å². The maximum absolute atomic E-state index is 14.1. The Morgan fingerprint density at radius 3 is 2.83 bits per heavy atom. The lowest BCUT2D eigenvalue weighted by Crippen LogP contribution is -2.35. The van der Waals surface area contributed by atoms with Gasteiger partial charge in [0, 0.05) is 30.9 Å². The largest absolute Gasteiger partial charge is 0.317 e. The van der Waals surface area contributed by atoms with Gasteiger partial charge >= 0.3 is 0 Å². The van der Waals surface area contributed by atoms with E-state index in [-0.39, 0.29) is 5.82 Å². The predicted molar refractivity (Wildman–Crippen MR) is 90.4 cm³/mol. The number of hydrogen-bond donors (Lipinski definition) is 1. The highest BCUT2D eigenvalue weighted by molar-refractivity contribution is 5.19. The van der Waals surface area contributed by atoms with Crippen LogP contribution in [0.3, 0.4) is 0 Å². The number of pyridine rings is 1. The van der Waals surface area contributed by atoms with Gasteiger partial charge in [-0.2, -0.15) is 0 Å². The van der Waals surface area contributed by atoms with E-state index in [9.17, 15) is 8.78 Å². The Labute approximate surface area is 141 Å². The zero-order chi connectivity index (χ0) is 16.8. The van der Waals surface area contributed by atoms with Crippen LogP contribution in [0, 0.1) is 11.6 Å². The molecule has 0 radical (unpaired) electrons. The van der Waals surface area contributed by atoms with Gasteiger partial charge in [0.15, 0.2) is 0 Å². The van der Waals surface area contributed by atoms with Crippen LogP contribution in [0.5, 0.6) is 0 Å². The van der Waals surface area contributed by atoms with Crippen molar-refractivity contribution in [2.45, 2.75) is 38.4 Å². The van der Waals surface area contributed by atoms with E-state index >= 15 is 0 Å². The number of halogens is 2. The van der Waals surface area contributed by atoms with E-state index in [0.29, 0.717) is 24.7 Å². The van der Waals surface area contributed by atoms with Gasteiger partial charge in [-0.3, -0.25) is 9.88 Å². The Hall–Kier alpha value is -1.85. The molecule has 0 spiro atoms. The average Bonchev–Trinajstić information content (AvgIpc) is 2.88. The summed E-state index contributed by atoms with van der Waals surface area (Å²) in [5.74, 6) is -0.749. The molecule has 5 heteroatoms. The molecule has 1 N–H and O–H groups in total. The van der Waals surface area contributed by atoms with Gasteiger partial charge in [0.2, 0.25) is 0 Å². The summed E-state index contributed by atoms with van der Waals surface area (Å²) in [6, 6.07) is 9.83. The molecule has 1 aromatic carbocycles. The Balaban J connectivity index is 1.81. The second-order valence-electron chi connectivity index (χ2n) is 6.30. The van der Waals surface area contributed by atoms with E-state index < -0.39 is 5.82 Å². The van der Waals surface area contributed by atoms with Gasteiger partial charge in [0.05, 0.1) is 5.69 Å². The molecule has 2 heterocycles. The zero-order valence-electron chi connectivity index (χ0n) is 13.7. The first-order valence-electron chi connectivity index (χ1n) is 8.51. The molecule has 1 aromatic heterocycles. The van der Waals surface area contributed by atoms with Crippen LogP contribution in [0.2, 0.25) is 0 Å². The summed E-state index contributed by atoms with van der Waals surface area (Å²) in [6.45, 7) is 3.00. The van der Waals surface area contributed by atoms with Gasteiger partial charge in [-0.1, -0.05) is 6.07 Å². The molecule has 1 aliphatic rings. The lowest BCUT2D eigenvalue weighted by atomic mass is 10.1. The highest BCUT2D eigenvalue weighted by atomic mass is 19.1. The van der Waals surface area contributed by atoms with Gasteiger partial charge in [0.25, 0.3) is 0 Å². The Morgan fingerprint density at radius 1 is 1.08 bits per heavy atom. The van der Waals surface area contributed by atoms with Crippen molar-refractivity contribution >= 4 is 0 Å². The van der Waals surface area contributed by atoms with Crippen molar-refractivity contribution in [3.05, 3.63) is 65.5 Å². The fraction of sp³-hybridized carbons (Fsp3) is 0.421. The first-order valence-corrected chi connectivity index (χ1v) is 8.51. The third-order valence-electron chi connectivity index (χ3n) is 4.53. The van der Waals surface area contributed by atoms with E-state index in [4.69, 9.17) is 0 Å². The highest BCUT2D eigenvalue weighted by Crippen LogP contribution is 2.21. The van der Waals surface area contributed by atoms with Crippen LogP contribution in [0.1, 0.15) is 30.5 Å². The van der Waals surface area contributed by atoms with E-state index in [1.807, 2.05) is 18.2 Å². The monoisotopic (exact) mass is 331 g/mol. The minimum atomic E-state index is -0.397. The van der Waals surface area contributed by atoms with Crippen LogP contribution in [0.15, 0.2) is 42.6 Å². The summed E-state index contributed by atoms with van der Waals surface area (Å²) in [6.07, 6.45) is 4.92. The molecular weight excluding hydrogens is 308 g/mol. The predicted octanol–water partition coefficient (Wildman–Crippen LogP) is 3.50. The summed E-state index contributed by atoms with van der Waals surface area (Å²) in [5, 5.41) is 3.40. The molecule has 1 atom stereocenters. The summed E-state index contributed by atoms with van der Waals surface area (Å²) < 4.78 is 27.6. The molecule has 3 rings (SSSR count). The van der Waals surface area contributed by atoms with Crippen molar-refractivity contribution in [1.29, 1.82) is 0 Å². The van der Waals surface area contributed by atoms with Gasteiger partial charge in [-0.25, -0.2) is 8.78 Å². The zero-order valence-corrected chi connectivity index (χ0v) is 13.7. The quantitative estimate of drug-likeness (QED) is 0.909. The van der Waals surface area contributed by atoms with Crippen molar-refractivity contribution in [3.63, 3.8) is 0 Å². The van der Waals surface area contributed by atoms with E-state index in [2.05, 4.69) is 15.2 Å². The first-order chi connectivity index (χ1) is 11.7. The third kappa shape index (κ3) is 4.58. The summed E-state index contributed by atoms with van der Waals surface area (Å²) in [5.41, 5.74) is 1.36. The second-order valence-corrected chi connectivity index (χ2v) is 6.30. The number of nitrogens with one attached hydrogen (secondary N) is 1. The molecule has 2 aromatic rings. The normalized spacial score (nSPS) is 18.5. The number of nitrogens with zero attached hydrogens (tertiary/aromatic N) is 2. The number of hydrogen-bond acceptors (Lipinski definition) is 3. The Morgan fingerprint density at radius 2 is 2.00 bits per heavy atom. The fourth-order valence-corrected chi connectivity index (χ4v) is 3.26. The van der Waals surface area contributed by atoms with Gasteiger partial charge in [-0.05, 0) is 62.7 Å². The maximum Gasteiger partial charge on any atom is 0.127 e. The van der Waals surface area contributed by atoms with Crippen molar-refractivity contribution in [3.8, 4) is 0 Å². The van der Waals surface area contributed by atoms with Crippen LogP contribution in [-0.4, -0.2) is 29.0 Å². The second kappa shape index (κ2) is 8.31. The molecule has 1 saturated heterocycles. The van der Waals surface area contributed by atoms with E-state index in [1.54, 1.807) is 6.20 Å². The lowest BCUT2D eigenvalue weighted by molar-refractivity contribution is 0.160. The Bertz CT molecular complexity index is 640. The highest BCUT2D eigenvalue weighted by Gasteiger charge is 2.22. The summed E-state index contributed by atoms with van der Waals surface area (Å²) >= 11 is 0.